The van der Waals surface area contributed by atoms with Crippen molar-refractivity contribution < 1.29 is 4.74 Å². The lowest BCUT2D eigenvalue weighted by Crippen LogP contribution is -2.41. The molecule has 1 aliphatic heterocycles. The number of guanidine groups is 1. The zero-order valence-corrected chi connectivity index (χ0v) is 14.6. The number of ether oxygens (including phenoxy) is 1. The van der Waals surface area contributed by atoms with Crippen molar-refractivity contribution >= 4 is 41.3 Å². The largest absolute Gasteiger partial charge is 0.381 e. The van der Waals surface area contributed by atoms with Gasteiger partial charge in [-0.05, 0) is 17.9 Å². The van der Waals surface area contributed by atoms with Gasteiger partial charge in [0, 0.05) is 38.0 Å². The van der Waals surface area contributed by atoms with Crippen molar-refractivity contribution in [2.75, 3.05) is 33.9 Å². The highest BCUT2D eigenvalue weighted by atomic mass is 127. The molecular weight excluding hydrogens is 373 g/mol. The van der Waals surface area contributed by atoms with Crippen LogP contribution in [0.2, 0.25) is 0 Å². The van der Waals surface area contributed by atoms with Gasteiger partial charge in [0.2, 0.25) is 0 Å². The molecule has 1 atom stereocenters. The van der Waals surface area contributed by atoms with Crippen LogP contribution in [0.15, 0.2) is 22.5 Å². The molecule has 0 aliphatic carbocycles. The number of thiophene rings is 1. The monoisotopic (exact) mass is 395 g/mol. The van der Waals surface area contributed by atoms with Gasteiger partial charge in [-0.1, -0.05) is 6.07 Å². The average Bonchev–Trinajstić information content (AvgIpc) is 3.02. The minimum Gasteiger partial charge on any atom is -0.381 e. The fourth-order valence-electron chi connectivity index (χ4n) is 2.17. The van der Waals surface area contributed by atoms with Gasteiger partial charge in [0.1, 0.15) is 0 Å². The summed E-state index contributed by atoms with van der Waals surface area (Å²) in [5.74, 6) is 1.59. The predicted molar refractivity (Wildman–Crippen MR) is 91.5 cm³/mol. The van der Waals surface area contributed by atoms with Crippen LogP contribution in [0.1, 0.15) is 11.3 Å². The van der Waals surface area contributed by atoms with Gasteiger partial charge in [0.25, 0.3) is 0 Å². The summed E-state index contributed by atoms with van der Waals surface area (Å²) in [6, 6.07) is 4.21. The first kappa shape index (κ1) is 16.7. The summed E-state index contributed by atoms with van der Waals surface area (Å²) in [6.45, 7) is 3.63. The van der Waals surface area contributed by atoms with Crippen molar-refractivity contribution in [3.8, 4) is 0 Å². The van der Waals surface area contributed by atoms with Crippen LogP contribution in [0.25, 0.3) is 0 Å². The molecule has 0 radical (unpaired) electrons. The van der Waals surface area contributed by atoms with Gasteiger partial charge in [-0.25, -0.2) is 0 Å². The van der Waals surface area contributed by atoms with Crippen molar-refractivity contribution in [2.45, 2.75) is 13.0 Å². The first-order chi connectivity index (χ1) is 8.79. The molecule has 1 aromatic heterocycles. The van der Waals surface area contributed by atoms with Crippen molar-refractivity contribution in [1.82, 2.24) is 10.2 Å². The van der Waals surface area contributed by atoms with Gasteiger partial charge < -0.3 is 15.0 Å². The van der Waals surface area contributed by atoms with E-state index >= 15 is 0 Å². The topological polar surface area (TPSA) is 36.9 Å². The molecule has 1 unspecified atom stereocenters. The van der Waals surface area contributed by atoms with Crippen LogP contribution in [0.5, 0.6) is 0 Å². The molecule has 0 spiro atoms. The van der Waals surface area contributed by atoms with Crippen molar-refractivity contribution in [3.05, 3.63) is 22.4 Å². The van der Waals surface area contributed by atoms with E-state index in [4.69, 9.17) is 4.74 Å². The van der Waals surface area contributed by atoms with Crippen molar-refractivity contribution in [3.63, 3.8) is 0 Å². The number of nitrogens with zero attached hydrogens (tertiary/aromatic N) is 2. The Bertz CT molecular complexity index is 377. The van der Waals surface area contributed by atoms with E-state index in [2.05, 4.69) is 39.8 Å². The maximum atomic E-state index is 5.40. The standard InChI is InChI=1S/C13H21N3OS.HI/c1-14-13(15-8-12-4-3-7-18-12)16(2)9-11-5-6-17-10-11;/h3-4,7,11H,5-6,8-10H2,1-2H3,(H,14,15);1H. The lowest BCUT2D eigenvalue weighted by atomic mass is 10.1. The molecule has 2 heterocycles. The zero-order valence-electron chi connectivity index (χ0n) is 11.5. The Labute approximate surface area is 136 Å². The average molecular weight is 395 g/mol. The first-order valence-electron chi connectivity index (χ1n) is 6.31. The molecule has 19 heavy (non-hydrogen) atoms. The lowest BCUT2D eigenvalue weighted by Gasteiger charge is -2.24. The molecule has 2 rings (SSSR count). The molecule has 108 valence electrons. The zero-order chi connectivity index (χ0) is 12.8. The number of aliphatic imine (C=N–C) groups is 1. The van der Waals surface area contributed by atoms with Gasteiger partial charge in [0.05, 0.1) is 13.2 Å². The summed E-state index contributed by atoms with van der Waals surface area (Å²) < 4.78 is 5.40. The van der Waals surface area contributed by atoms with Crippen molar-refractivity contribution in [1.29, 1.82) is 0 Å². The molecule has 1 N–H and O–H groups in total. The molecule has 1 fully saturated rings. The minimum absolute atomic E-state index is 0. The fraction of sp³-hybridized carbons (Fsp3) is 0.615. The Morgan fingerprint density at radius 2 is 2.47 bits per heavy atom. The highest BCUT2D eigenvalue weighted by molar-refractivity contribution is 14.0. The smallest absolute Gasteiger partial charge is 0.193 e. The van der Waals surface area contributed by atoms with Gasteiger partial charge in [-0.3, -0.25) is 4.99 Å². The van der Waals surface area contributed by atoms with Crippen LogP contribution in [-0.4, -0.2) is 44.7 Å². The molecule has 1 aromatic rings. The molecule has 6 heteroatoms. The van der Waals surface area contributed by atoms with Gasteiger partial charge in [-0.15, -0.1) is 35.3 Å². The maximum absolute atomic E-state index is 5.40. The lowest BCUT2D eigenvalue weighted by molar-refractivity contribution is 0.181. The van der Waals surface area contributed by atoms with Gasteiger partial charge >= 0.3 is 0 Å². The Hall–Kier alpha value is -0.340. The highest BCUT2D eigenvalue weighted by Crippen LogP contribution is 2.13. The van der Waals surface area contributed by atoms with Gasteiger partial charge in [0.15, 0.2) is 5.96 Å². The predicted octanol–water partition coefficient (Wildman–Crippen LogP) is 2.41. The molecule has 1 saturated heterocycles. The summed E-state index contributed by atoms with van der Waals surface area (Å²) in [5, 5.41) is 5.49. The normalized spacial score (nSPS) is 19.1. The van der Waals surface area contributed by atoms with Crippen LogP contribution >= 0.6 is 35.3 Å². The Kier molecular flexibility index (Phi) is 7.70. The molecule has 1 aliphatic rings. The van der Waals surface area contributed by atoms with E-state index in [9.17, 15) is 0 Å². The summed E-state index contributed by atoms with van der Waals surface area (Å²) in [6.07, 6.45) is 1.16. The van der Waals surface area contributed by atoms with Gasteiger partial charge in [-0.2, -0.15) is 0 Å². The maximum Gasteiger partial charge on any atom is 0.193 e. The Balaban J connectivity index is 0.00000180. The highest BCUT2D eigenvalue weighted by Gasteiger charge is 2.18. The van der Waals surface area contributed by atoms with Crippen molar-refractivity contribution in [2.24, 2.45) is 10.9 Å². The summed E-state index contributed by atoms with van der Waals surface area (Å²) in [5.41, 5.74) is 0. The SMILES string of the molecule is CN=C(NCc1cccs1)N(C)CC1CCOC1.I. The third-order valence-corrected chi connectivity index (χ3v) is 4.01. The van der Waals surface area contributed by atoms with E-state index in [1.54, 1.807) is 11.3 Å². The van der Waals surface area contributed by atoms with Crippen LogP contribution < -0.4 is 5.32 Å². The van der Waals surface area contributed by atoms with Crippen LogP contribution in [0.3, 0.4) is 0 Å². The number of rotatable bonds is 4. The van der Waals surface area contributed by atoms with Crippen LogP contribution in [0, 0.1) is 5.92 Å². The summed E-state index contributed by atoms with van der Waals surface area (Å²) >= 11 is 1.76. The third-order valence-electron chi connectivity index (χ3n) is 3.13. The molecule has 0 bridgehead atoms. The number of nitrogens with one attached hydrogen (secondary N) is 1. The molecular formula is C13H22IN3OS. The summed E-state index contributed by atoms with van der Waals surface area (Å²) in [4.78, 5) is 7.84. The van der Waals surface area contributed by atoms with E-state index in [1.807, 2.05) is 7.05 Å². The second kappa shape index (κ2) is 8.76. The Morgan fingerprint density at radius 1 is 1.63 bits per heavy atom. The molecule has 4 nitrogen and oxygen atoms in total. The van der Waals surface area contributed by atoms with E-state index in [-0.39, 0.29) is 24.0 Å². The fourth-order valence-corrected chi connectivity index (χ4v) is 2.81. The summed E-state index contributed by atoms with van der Waals surface area (Å²) in [7, 11) is 3.92. The third kappa shape index (κ3) is 5.27. The minimum atomic E-state index is 0. The molecule has 0 aromatic carbocycles. The number of hydrogen-bond acceptors (Lipinski definition) is 3. The van der Waals surface area contributed by atoms with E-state index in [1.165, 1.54) is 4.88 Å². The van der Waals surface area contributed by atoms with E-state index in [0.717, 1.165) is 38.7 Å². The van der Waals surface area contributed by atoms with Crippen LogP contribution in [-0.2, 0) is 11.3 Å². The van der Waals surface area contributed by atoms with Crippen LogP contribution in [0.4, 0.5) is 0 Å². The second-order valence-corrected chi connectivity index (χ2v) is 5.62. The number of hydrogen-bond donors (Lipinski definition) is 1. The quantitative estimate of drug-likeness (QED) is 0.483. The Morgan fingerprint density at radius 3 is 3.05 bits per heavy atom. The number of halogens is 1. The molecule has 0 saturated carbocycles. The molecule has 0 amide bonds. The van der Waals surface area contributed by atoms with E-state index < -0.39 is 0 Å². The first-order valence-corrected chi connectivity index (χ1v) is 7.19. The second-order valence-electron chi connectivity index (χ2n) is 4.59. The van der Waals surface area contributed by atoms with E-state index in [0.29, 0.717) is 5.92 Å².